The predicted octanol–water partition coefficient (Wildman–Crippen LogP) is 2.68. The van der Waals surface area contributed by atoms with Crippen LogP contribution < -0.4 is 5.32 Å². The summed E-state index contributed by atoms with van der Waals surface area (Å²) in [4.78, 5) is 2.29. The van der Waals surface area contributed by atoms with Crippen LogP contribution in [0.2, 0.25) is 0 Å². The summed E-state index contributed by atoms with van der Waals surface area (Å²) in [5, 5.41) is 3.63. The second-order valence-corrected chi connectivity index (χ2v) is 5.35. The van der Waals surface area contributed by atoms with Gasteiger partial charge in [0.2, 0.25) is 0 Å². The van der Waals surface area contributed by atoms with Gasteiger partial charge in [0.15, 0.2) is 0 Å². The van der Waals surface area contributed by atoms with Crippen LogP contribution in [0.15, 0.2) is 30.3 Å². The number of hydrogen-bond donors (Lipinski definition) is 1. The third kappa shape index (κ3) is 3.55. The molecule has 1 aromatic carbocycles. The van der Waals surface area contributed by atoms with E-state index in [1.807, 2.05) is 0 Å². The van der Waals surface area contributed by atoms with E-state index in [2.05, 4.69) is 54.6 Å². The van der Waals surface area contributed by atoms with Crippen LogP contribution in [-0.2, 0) is 0 Å². The maximum atomic E-state index is 3.63. The molecule has 1 fully saturated rings. The molecule has 1 aliphatic carbocycles. The van der Waals surface area contributed by atoms with E-state index in [4.69, 9.17) is 0 Å². The molecule has 1 aromatic rings. The number of nitrogens with one attached hydrogen (secondary N) is 1. The Morgan fingerprint density at radius 3 is 2.47 bits per heavy atom. The van der Waals surface area contributed by atoms with Gasteiger partial charge in [-0.15, -0.1) is 0 Å². The van der Waals surface area contributed by atoms with E-state index in [0.717, 1.165) is 12.5 Å². The molecule has 0 bridgehead atoms. The van der Waals surface area contributed by atoms with Crippen LogP contribution in [0.1, 0.15) is 30.9 Å². The van der Waals surface area contributed by atoms with Crippen molar-refractivity contribution >= 4 is 0 Å². The number of benzene rings is 1. The first-order valence-electron chi connectivity index (χ1n) is 6.69. The zero-order valence-corrected chi connectivity index (χ0v) is 11.0. The fourth-order valence-electron chi connectivity index (χ4n) is 2.39. The third-order valence-corrected chi connectivity index (χ3v) is 3.80. The summed E-state index contributed by atoms with van der Waals surface area (Å²) in [7, 11) is 4.31. The number of likely N-dealkylation sites (N-methyl/N-ethyl adjacent to an activating group) is 1. The van der Waals surface area contributed by atoms with Crippen LogP contribution in [0.3, 0.4) is 0 Å². The van der Waals surface area contributed by atoms with E-state index in [-0.39, 0.29) is 0 Å². The van der Waals surface area contributed by atoms with Gasteiger partial charge in [0.1, 0.15) is 0 Å². The van der Waals surface area contributed by atoms with Crippen LogP contribution in [-0.4, -0.2) is 32.1 Å². The minimum Gasteiger partial charge on any atom is -0.315 e. The lowest BCUT2D eigenvalue weighted by Gasteiger charge is -2.29. The average Bonchev–Trinajstić information content (AvgIpc) is 2.27. The van der Waals surface area contributed by atoms with Crippen molar-refractivity contribution < 1.29 is 0 Å². The first kappa shape index (κ1) is 12.6. The zero-order chi connectivity index (χ0) is 12.1. The van der Waals surface area contributed by atoms with Crippen molar-refractivity contribution in [2.45, 2.75) is 25.3 Å². The van der Waals surface area contributed by atoms with Gasteiger partial charge in [-0.2, -0.15) is 0 Å². The van der Waals surface area contributed by atoms with Crippen molar-refractivity contribution in [2.24, 2.45) is 5.92 Å². The van der Waals surface area contributed by atoms with Crippen molar-refractivity contribution in [3.63, 3.8) is 0 Å². The summed E-state index contributed by atoms with van der Waals surface area (Å²) in [6.45, 7) is 2.24. The summed E-state index contributed by atoms with van der Waals surface area (Å²) in [6, 6.07) is 11.2. The minimum atomic E-state index is 0.483. The van der Waals surface area contributed by atoms with Gasteiger partial charge in [-0.05, 0) is 45.0 Å². The van der Waals surface area contributed by atoms with Gasteiger partial charge in [-0.25, -0.2) is 0 Å². The third-order valence-electron chi connectivity index (χ3n) is 3.80. The van der Waals surface area contributed by atoms with E-state index in [0.29, 0.717) is 6.04 Å². The molecule has 0 amide bonds. The largest absolute Gasteiger partial charge is 0.315 e. The maximum absolute atomic E-state index is 3.63. The van der Waals surface area contributed by atoms with Crippen LogP contribution in [0.5, 0.6) is 0 Å². The van der Waals surface area contributed by atoms with Gasteiger partial charge in [0.05, 0.1) is 0 Å². The van der Waals surface area contributed by atoms with Gasteiger partial charge in [-0.3, -0.25) is 0 Å². The second kappa shape index (κ2) is 6.18. The highest BCUT2D eigenvalue weighted by molar-refractivity contribution is 5.19. The molecule has 0 radical (unpaired) electrons. The molecule has 2 rings (SSSR count). The average molecular weight is 232 g/mol. The molecule has 0 saturated heterocycles. The Morgan fingerprint density at radius 1 is 1.24 bits per heavy atom. The highest BCUT2D eigenvalue weighted by Gasteiger charge is 2.18. The van der Waals surface area contributed by atoms with Crippen LogP contribution in [0, 0.1) is 5.92 Å². The molecule has 0 heterocycles. The van der Waals surface area contributed by atoms with E-state index < -0.39 is 0 Å². The van der Waals surface area contributed by atoms with Gasteiger partial charge >= 0.3 is 0 Å². The first-order chi connectivity index (χ1) is 8.27. The second-order valence-electron chi connectivity index (χ2n) is 5.35. The topological polar surface area (TPSA) is 15.3 Å². The van der Waals surface area contributed by atoms with Crippen LogP contribution in [0.4, 0.5) is 0 Å². The van der Waals surface area contributed by atoms with E-state index in [1.165, 1.54) is 31.4 Å². The summed E-state index contributed by atoms with van der Waals surface area (Å²) >= 11 is 0. The highest BCUT2D eigenvalue weighted by atomic mass is 15.1. The van der Waals surface area contributed by atoms with Crippen LogP contribution in [0.25, 0.3) is 0 Å². The van der Waals surface area contributed by atoms with Crippen molar-refractivity contribution in [1.29, 1.82) is 0 Å². The summed E-state index contributed by atoms with van der Waals surface area (Å²) in [5.74, 6) is 0.939. The van der Waals surface area contributed by atoms with Gasteiger partial charge in [0.25, 0.3) is 0 Å². The lowest BCUT2D eigenvalue weighted by atomic mass is 9.85. The lowest BCUT2D eigenvalue weighted by Crippen LogP contribution is -2.35. The fraction of sp³-hybridized carbons (Fsp3) is 0.600. The molecule has 17 heavy (non-hydrogen) atoms. The molecule has 1 aliphatic rings. The molecule has 0 aliphatic heterocycles. The molecule has 1 atom stereocenters. The van der Waals surface area contributed by atoms with E-state index in [9.17, 15) is 0 Å². The molecule has 0 spiro atoms. The Morgan fingerprint density at radius 2 is 1.94 bits per heavy atom. The molecule has 1 N–H and O–H groups in total. The predicted molar refractivity (Wildman–Crippen MR) is 73.1 cm³/mol. The molecular weight excluding hydrogens is 208 g/mol. The van der Waals surface area contributed by atoms with Crippen molar-refractivity contribution in [3.05, 3.63) is 35.9 Å². The standard InChI is InChI=1S/C15H24N2/c1-17(2)15(14-9-4-3-5-10-14)12-16-11-13-7-6-8-13/h3-5,9-10,13,15-16H,6-8,11-12H2,1-2H3. The summed E-state index contributed by atoms with van der Waals surface area (Å²) < 4.78 is 0. The van der Waals surface area contributed by atoms with Crippen LogP contribution >= 0.6 is 0 Å². The molecule has 2 nitrogen and oxygen atoms in total. The van der Waals surface area contributed by atoms with Gasteiger partial charge < -0.3 is 10.2 Å². The fourth-order valence-corrected chi connectivity index (χ4v) is 2.39. The number of nitrogens with zero attached hydrogens (tertiary/aromatic N) is 1. The molecule has 1 saturated carbocycles. The maximum Gasteiger partial charge on any atom is 0.0466 e. The Hall–Kier alpha value is -0.860. The van der Waals surface area contributed by atoms with E-state index >= 15 is 0 Å². The molecule has 1 unspecified atom stereocenters. The van der Waals surface area contributed by atoms with Gasteiger partial charge in [-0.1, -0.05) is 36.8 Å². The zero-order valence-electron chi connectivity index (χ0n) is 11.0. The van der Waals surface area contributed by atoms with Crippen molar-refractivity contribution in [2.75, 3.05) is 27.2 Å². The molecular formula is C15H24N2. The first-order valence-corrected chi connectivity index (χ1v) is 6.69. The summed E-state index contributed by atoms with van der Waals surface area (Å²) in [6.07, 6.45) is 4.28. The number of rotatable bonds is 6. The Bertz CT molecular complexity index is 317. The van der Waals surface area contributed by atoms with E-state index in [1.54, 1.807) is 0 Å². The quantitative estimate of drug-likeness (QED) is 0.811. The smallest absolute Gasteiger partial charge is 0.0466 e. The molecule has 2 heteroatoms. The monoisotopic (exact) mass is 232 g/mol. The highest BCUT2D eigenvalue weighted by Crippen LogP contribution is 2.25. The number of hydrogen-bond acceptors (Lipinski definition) is 2. The van der Waals surface area contributed by atoms with Gasteiger partial charge in [0, 0.05) is 12.6 Å². The normalized spacial score (nSPS) is 18.1. The minimum absolute atomic E-state index is 0.483. The summed E-state index contributed by atoms with van der Waals surface area (Å²) in [5.41, 5.74) is 1.40. The lowest BCUT2D eigenvalue weighted by molar-refractivity contribution is 0.259. The van der Waals surface area contributed by atoms with Crippen molar-refractivity contribution in [1.82, 2.24) is 10.2 Å². The SMILES string of the molecule is CN(C)C(CNCC1CCC1)c1ccccc1. The Balaban J connectivity index is 1.84. The Kier molecular flexibility index (Phi) is 4.57. The molecule has 0 aromatic heterocycles. The van der Waals surface area contributed by atoms with Crippen molar-refractivity contribution in [3.8, 4) is 0 Å². The molecule has 94 valence electrons. The Labute approximate surface area is 105 Å².